The monoisotopic (exact) mass is 255 g/mol. The van der Waals surface area contributed by atoms with Gasteiger partial charge in [0.15, 0.2) is 5.82 Å². The maximum absolute atomic E-state index is 13.6. The second-order valence-corrected chi connectivity index (χ2v) is 4.11. The summed E-state index contributed by atoms with van der Waals surface area (Å²) in [6.07, 6.45) is 0.724. The van der Waals surface area contributed by atoms with Gasteiger partial charge in [-0.2, -0.15) is 0 Å². The van der Waals surface area contributed by atoms with E-state index in [1.54, 1.807) is 11.7 Å². The Morgan fingerprint density at radius 3 is 2.78 bits per heavy atom. The summed E-state index contributed by atoms with van der Waals surface area (Å²) in [5.41, 5.74) is 6.23. The highest BCUT2D eigenvalue weighted by atomic mass is 19.1. The molecule has 1 heterocycles. The van der Waals surface area contributed by atoms with Gasteiger partial charge in [-0.25, -0.2) is 13.8 Å². The molecule has 2 rings (SSSR count). The zero-order valence-electron chi connectivity index (χ0n) is 10.3. The lowest BCUT2D eigenvalue weighted by Gasteiger charge is -2.18. The van der Waals surface area contributed by atoms with E-state index < -0.39 is 11.6 Å². The van der Waals surface area contributed by atoms with Crippen LogP contribution in [0.5, 0.6) is 0 Å². The molecule has 1 atom stereocenters. The highest BCUT2D eigenvalue weighted by molar-refractivity contribution is 5.79. The van der Waals surface area contributed by atoms with Crippen LogP contribution in [0.3, 0.4) is 0 Å². The number of hydrogen-bond donors (Lipinski definition) is 1. The molecule has 0 amide bonds. The number of methoxy groups -OCH3 is 1. The van der Waals surface area contributed by atoms with Gasteiger partial charge in [-0.3, -0.25) is 0 Å². The van der Waals surface area contributed by atoms with E-state index in [1.807, 2.05) is 6.92 Å². The largest absolute Gasteiger partial charge is 0.383 e. The van der Waals surface area contributed by atoms with Crippen LogP contribution < -0.4 is 5.73 Å². The lowest BCUT2D eigenvalue weighted by molar-refractivity contribution is 0.155. The second-order valence-electron chi connectivity index (χ2n) is 4.11. The van der Waals surface area contributed by atoms with Gasteiger partial charge in [0, 0.05) is 19.2 Å². The fourth-order valence-electron chi connectivity index (χ4n) is 2.09. The number of aromatic nitrogens is 2. The molecule has 6 heteroatoms. The third-order valence-corrected chi connectivity index (χ3v) is 2.94. The number of benzene rings is 1. The van der Waals surface area contributed by atoms with E-state index in [9.17, 15) is 8.78 Å². The predicted molar refractivity (Wildman–Crippen MR) is 65.3 cm³/mol. The van der Waals surface area contributed by atoms with Gasteiger partial charge in [0.25, 0.3) is 0 Å². The third-order valence-electron chi connectivity index (χ3n) is 2.94. The Kier molecular flexibility index (Phi) is 3.47. The number of fused-ring (bicyclic) bond motifs is 1. The Morgan fingerprint density at radius 1 is 1.44 bits per heavy atom. The molecule has 18 heavy (non-hydrogen) atoms. The summed E-state index contributed by atoms with van der Waals surface area (Å²) >= 11 is 0. The second kappa shape index (κ2) is 4.89. The number of nitrogens with two attached hydrogens (primary N) is 1. The Labute approximate surface area is 103 Å². The number of imidazole rings is 1. The van der Waals surface area contributed by atoms with Gasteiger partial charge in [-0.05, 0) is 6.42 Å². The SMILES string of the molecule is CCC(COC)n1c(N)nc2c(F)cc(F)cc21. The Morgan fingerprint density at radius 2 is 2.17 bits per heavy atom. The lowest BCUT2D eigenvalue weighted by atomic mass is 10.2. The molecule has 0 aliphatic heterocycles. The normalized spacial score (nSPS) is 13.1. The molecule has 0 aliphatic rings. The van der Waals surface area contributed by atoms with Gasteiger partial charge in [0.05, 0.1) is 18.2 Å². The highest BCUT2D eigenvalue weighted by Gasteiger charge is 2.19. The molecule has 98 valence electrons. The van der Waals surface area contributed by atoms with Crippen LogP contribution in [0.15, 0.2) is 12.1 Å². The van der Waals surface area contributed by atoms with E-state index in [-0.39, 0.29) is 17.5 Å². The minimum absolute atomic E-state index is 0.0865. The molecule has 0 fully saturated rings. The molecule has 1 unspecified atom stereocenters. The van der Waals surface area contributed by atoms with Crippen molar-refractivity contribution in [2.75, 3.05) is 19.5 Å². The van der Waals surface area contributed by atoms with Crippen molar-refractivity contribution in [2.24, 2.45) is 0 Å². The van der Waals surface area contributed by atoms with Crippen LogP contribution >= 0.6 is 0 Å². The van der Waals surface area contributed by atoms with Crippen molar-refractivity contribution in [3.8, 4) is 0 Å². The highest BCUT2D eigenvalue weighted by Crippen LogP contribution is 2.27. The van der Waals surface area contributed by atoms with Crippen LogP contribution in [0.25, 0.3) is 11.0 Å². The van der Waals surface area contributed by atoms with Crippen LogP contribution in [-0.4, -0.2) is 23.3 Å². The Hall–Kier alpha value is -1.69. The average Bonchev–Trinajstić information content (AvgIpc) is 2.63. The van der Waals surface area contributed by atoms with Gasteiger partial charge in [0.2, 0.25) is 5.95 Å². The molecule has 0 saturated heterocycles. The standard InChI is InChI=1S/C12H15F2N3O/c1-3-8(6-18-2)17-10-5-7(13)4-9(14)11(10)16-12(17)15/h4-5,8H,3,6H2,1-2H3,(H2,15,16). The zero-order valence-corrected chi connectivity index (χ0v) is 10.3. The van der Waals surface area contributed by atoms with Crippen molar-refractivity contribution in [3.63, 3.8) is 0 Å². The van der Waals surface area contributed by atoms with Crippen molar-refractivity contribution < 1.29 is 13.5 Å². The fraction of sp³-hybridized carbons (Fsp3) is 0.417. The molecule has 0 saturated carbocycles. The van der Waals surface area contributed by atoms with E-state index in [0.717, 1.165) is 12.5 Å². The number of ether oxygens (including phenoxy) is 1. The Bertz CT molecular complexity index is 568. The number of halogens is 2. The van der Waals surface area contributed by atoms with E-state index in [4.69, 9.17) is 10.5 Å². The first-order valence-corrected chi connectivity index (χ1v) is 5.69. The van der Waals surface area contributed by atoms with Crippen molar-refractivity contribution in [1.29, 1.82) is 0 Å². The van der Waals surface area contributed by atoms with E-state index >= 15 is 0 Å². The molecule has 1 aromatic carbocycles. The Balaban J connectivity index is 2.65. The molecule has 2 aromatic rings. The minimum atomic E-state index is -0.706. The van der Waals surface area contributed by atoms with Gasteiger partial charge >= 0.3 is 0 Å². The van der Waals surface area contributed by atoms with Crippen molar-refractivity contribution >= 4 is 17.0 Å². The first-order valence-electron chi connectivity index (χ1n) is 5.69. The number of anilines is 1. The number of hydrogen-bond acceptors (Lipinski definition) is 3. The van der Waals surface area contributed by atoms with E-state index in [0.29, 0.717) is 12.1 Å². The van der Waals surface area contributed by atoms with Gasteiger partial charge in [-0.15, -0.1) is 0 Å². The molecule has 0 bridgehead atoms. The van der Waals surface area contributed by atoms with Gasteiger partial charge in [-0.1, -0.05) is 6.92 Å². The number of nitrogens with zero attached hydrogens (tertiary/aromatic N) is 2. The summed E-state index contributed by atoms with van der Waals surface area (Å²) in [5.74, 6) is -1.19. The third kappa shape index (κ3) is 2.03. The first-order chi connectivity index (χ1) is 8.58. The molecule has 0 aliphatic carbocycles. The van der Waals surface area contributed by atoms with Crippen LogP contribution in [-0.2, 0) is 4.74 Å². The average molecular weight is 255 g/mol. The molecular formula is C12H15F2N3O. The fourth-order valence-corrected chi connectivity index (χ4v) is 2.09. The molecule has 0 radical (unpaired) electrons. The summed E-state index contributed by atoms with van der Waals surface area (Å²) < 4.78 is 33.6. The van der Waals surface area contributed by atoms with Crippen LogP contribution in [0, 0.1) is 11.6 Å². The van der Waals surface area contributed by atoms with Crippen molar-refractivity contribution in [1.82, 2.24) is 9.55 Å². The van der Waals surface area contributed by atoms with Gasteiger partial charge < -0.3 is 15.0 Å². The topological polar surface area (TPSA) is 53.1 Å². The van der Waals surface area contributed by atoms with E-state index in [2.05, 4.69) is 4.98 Å². The summed E-state index contributed by atoms with van der Waals surface area (Å²) in [6, 6.07) is 1.94. The van der Waals surface area contributed by atoms with Crippen LogP contribution in [0.2, 0.25) is 0 Å². The molecule has 1 aromatic heterocycles. The maximum atomic E-state index is 13.6. The van der Waals surface area contributed by atoms with Gasteiger partial charge in [0.1, 0.15) is 11.3 Å². The molecule has 2 N–H and O–H groups in total. The number of rotatable bonds is 4. The maximum Gasteiger partial charge on any atom is 0.201 e. The predicted octanol–water partition coefficient (Wildman–Crippen LogP) is 2.49. The lowest BCUT2D eigenvalue weighted by Crippen LogP contribution is -2.16. The van der Waals surface area contributed by atoms with Crippen LogP contribution in [0.1, 0.15) is 19.4 Å². The summed E-state index contributed by atoms with van der Waals surface area (Å²) in [6.45, 7) is 2.36. The number of nitrogen functional groups attached to an aromatic ring is 1. The summed E-state index contributed by atoms with van der Waals surface area (Å²) in [5, 5.41) is 0. The zero-order chi connectivity index (χ0) is 13.3. The first kappa shape index (κ1) is 12.8. The quantitative estimate of drug-likeness (QED) is 0.913. The van der Waals surface area contributed by atoms with Crippen molar-refractivity contribution in [3.05, 3.63) is 23.8 Å². The summed E-state index contributed by atoms with van der Waals surface area (Å²) in [4.78, 5) is 3.95. The van der Waals surface area contributed by atoms with Crippen LogP contribution in [0.4, 0.5) is 14.7 Å². The molecule has 0 spiro atoms. The summed E-state index contributed by atoms with van der Waals surface area (Å²) in [7, 11) is 1.57. The van der Waals surface area contributed by atoms with E-state index in [1.165, 1.54) is 6.07 Å². The van der Waals surface area contributed by atoms with Crippen molar-refractivity contribution in [2.45, 2.75) is 19.4 Å². The minimum Gasteiger partial charge on any atom is -0.383 e. The molecular weight excluding hydrogens is 240 g/mol. The molecule has 4 nitrogen and oxygen atoms in total. The smallest absolute Gasteiger partial charge is 0.201 e.